The van der Waals surface area contributed by atoms with Gasteiger partial charge in [-0.3, -0.25) is 0 Å². The highest BCUT2D eigenvalue weighted by Crippen LogP contribution is 2.48. The van der Waals surface area contributed by atoms with E-state index < -0.39 is 10.0 Å². The summed E-state index contributed by atoms with van der Waals surface area (Å²) in [6, 6.07) is 4.42. The monoisotopic (exact) mass is 314 g/mol. The van der Waals surface area contributed by atoms with Crippen LogP contribution in [0.15, 0.2) is 23.1 Å². The lowest BCUT2D eigenvalue weighted by atomic mass is 9.99. The lowest BCUT2D eigenvalue weighted by molar-refractivity contribution is 0.401. The van der Waals surface area contributed by atoms with Crippen molar-refractivity contribution in [3.63, 3.8) is 0 Å². The number of nitrogens with two attached hydrogens (primary N) is 1. The average molecular weight is 315 g/mol. The molecule has 3 rings (SSSR count). The SMILES string of the molecule is Nc1cc(S(=O)(=O)NCC(C2CC2)C2CC2)ccc1Cl. The van der Waals surface area contributed by atoms with E-state index >= 15 is 0 Å². The number of hydrogen-bond acceptors (Lipinski definition) is 3. The Morgan fingerprint density at radius 2 is 1.85 bits per heavy atom. The Bertz CT molecular complexity index is 598. The van der Waals surface area contributed by atoms with Gasteiger partial charge >= 0.3 is 0 Å². The second kappa shape index (κ2) is 5.20. The summed E-state index contributed by atoms with van der Waals surface area (Å²) in [7, 11) is -3.49. The third kappa shape index (κ3) is 3.10. The van der Waals surface area contributed by atoms with Gasteiger partial charge in [0.15, 0.2) is 0 Å². The molecule has 0 aromatic heterocycles. The number of rotatable bonds is 6. The lowest BCUT2D eigenvalue weighted by Gasteiger charge is -2.16. The molecule has 0 unspecified atom stereocenters. The topological polar surface area (TPSA) is 72.2 Å². The van der Waals surface area contributed by atoms with Crippen LogP contribution in [0.25, 0.3) is 0 Å². The highest BCUT2D eigenvalue weighted by molar-refractivity contribution is 7.89. The van der Waals surface area contributed by atoms with Crippen LogP contribution >= 0.6 is 11.6 Å². The van der Waals surface area contributed by atoms with Gasteiger partial charge in [0.25, 0.3) is 0 Å². The zero-order valence-electron chi connectivity index (χ0n) is 11.2. The van der Waals surface area contributed by atoms with Gasteiger partial charge in [-0.1, -0.05) is 11.6 Å². The van der Waals surface area contributed by atoms with Crippen molar-refractivity contribution in [2.75, 3.05) is 12.3 Å². The molecule has 2 aliphatic carbocycles. The highest BCUT2D eigenvalue weighted by Gasteiger charge is 2.41. The van der Waals surface area contributed by atoms with Gasteiger partial charge in [0.1, 0.15) is 0 Å². The molecule has 1 aromatic carbocycles. The fourth-order valence-electron chi connectivity index (χ4n) is 2.75. The van der Waals surface area contributed by atoms with E-state index in [0.29, 0.717) is 17.5 Å². The fourth-order valence-corrected chi connectivity index (χ4v) is 3.97. The summed E-state index contributed by atoms with van der Waals surface area (Å²) in [4.78, 5) is 0.185. The predicted octanol–water partition coefficient (Wildman–Crippen LogP) is 2.64. The van der Waals surface area contributed by atoms with Crippen LogP contribution in [0.2, 0.25) is 5.02 Å². The molecule has 2 aliphatic rings. The highest BCUT2D eigenvalue weighted by atomic mass is 35.5. The molecular weight excluding hydrogens is 296 g/mol. The summed E-state index contributed by atoms with van der Waals surface area (Å²) in [6.07, 6.45) is 4.99. The van der Waals surface area contributed by atoms with E-state index in [0.717, 1.165) is 11.8 Å². The molecular formula is C14H19ClN2O2S. The van der Waals surface area contributed by atoms with Gasteiger partial charge < -0.3 is 5.73 Å². The molecule has 0 bridgehead atoms. The Morgan fingerprint density at radius 1 is 1.25 bits per heavy atom. The number of nitrogens with one attached hydrogen (secondary N) is 1. The van der Waals surface area contributed by atoms with E-state index in [9.17, 15) is 8.42 Å². The third-order valence-corrected chi connectivity index (χ3v) is 6.01. The smallest absolute Gasteiger partial charge is 0.240 e. The maximum atomic E-state index is 12.3. The summed E-state index contributed by atoms with van der Waals surface area (Å²) in [6.45, 7) is 0.542. The molecule has 0 radical (unpaired) electrons. The fraction of sp³-hybridized carbons (Fsp3) is 0.571. The minimum atomic E-state index is -3.49. The quantitative estimate of drug-likeness (QED) is 0.793. The predicted molar refractivity (Wildman–Crippen MR) is 80.0 cm³/mol. The van der Waals surface area contributed by atoms with E-state index in [4.69, 9.17) is 17.3 Å². The Kier molecular flexibility index (Phi) is 3.69. The molecule has 0 heterocycles. The van der Waals surface area contributed by atoms with Crippen LogP contribution in [0.3, 0.4) is 0 Å². The van der Waals surface area contributed by atoms with Crippen molar-refractivity contribution < 1.29 is 8.42 Å². The summed E-state index contributed by atoms with van der Waals surface area (Å²) in [5, 5.41) is 0.373. The van der Waals surface area contributed by atoms with Crippen LogP contribution in [-0.2, 0) is 10.0 Å². The minimum absolute atomic E-state index is 0.185. The molecule has 3 N–H and O–H groups in total. The van der Waals surface area contributed by atoms with Gasteiger partial charge in [0.2, 0.25) is 10.0 Å². The Hall–Kier alpha value is -0.780. The standard InChI is InChI=1S/C14H19ClN2O2S/c15-13-6-5-11(7-14(13)16)20(18,19)17-8-12(9-1-2-9)10-3-4-10/h5-7,9-10,12,17H,1-4,8,16H2. The van der Waals surface area contributed by atoms with Crippen LogP contribution < -0.4 is 10.5 Å². The maximum Gasteiger partial charge on any atom is 0.240 e. The molecule has 2 saturated carbocycles. The van der Waals surface area contributed by atoms with Crippen LogP contribution in [0.1, 0.15) is 25.7 Å². The van der Waals surface area contributed by atoms with Gasteiger partial charge in [0, 0.05) is 6.54 Å². The molecule has 6 heteroatoms. The van der Waals surface area contributed by atoms with Gasteiger partial charge in [0.05, 0.1) is 15.6 Å². The number of hydrogen-bond donors (Lipinski definition) is 2. The van der Waals surface area contributed by atoms with Crippen molar-refractivity contribution in [3.8, 4) is 0 Å². The van der Waals surface area contributed by atoms with E-state index in [1.54, 1.807) is 0 Å². The molecule has 0 atom stereocenters. The number of halogens is 1. The second-order valence-electron chi connectivity index (χ2n) is 5.87. The van der Waals surface area contributed by atoms with Gasteiger partial charge in [-0.05, 0) is 61.6 Å². The van der Waals surface area contributed by atoms with Crippen LogP contribution in [0.4, 0.5) is 5.69 Å². The number of sulfonamides is 1. The van der Waals surface area contributed by atoms with Gasteiger partial charge in [-0.2, -0.15) is 0 Å². The first-order valence-electron chi connectivity index (χ1n) is 7.02. The van der Waals surface area contributed by atoms with Crippen molar-refractivity contribution in [2.45, 2.75) is 30.6 Å². The molecule has 20 heavy (non-hydrogen) atoms. The first-order valence-corrected chi connectivity index (χ1v) is 8.88. The summed E-state index contributed by atoms with van der Waals surface area (Å²) < 4.78 is 27.3. The van der Waals surface area contributed by atoms with Crippen molar-refractivity contribution in [2.24, 2.45) is 17.8 Å². The molecule has 1 aromatic rings. The normalized spacial score (nSPS) is 19.5. The lowest BCUT2D eigenvalue weighted by Crippen LogP contribution is -2.31. The first kappa shape index (κ1) is 14.2. The summed E-state index contributed by atoms with van der Waals surface area (Å²) in [5.74, 6) is 1.95. The van der Waals surface area contributed by atoms with E-state index in [1.807, 2.05) is 0 Å². The minimum Gasteiger partial charge on any atom is -0.397 e. The number of benzene rings is 1. The van der Waals surface area contributed by atoms with Gasteiger partial charge in [-0.15, -0.1) is 0 Å². The Labute approximate surface area is 124 Å². The molecule has 0 spiro atoms. The van der Waals surface area contributed by atoms with Crippen molar-refractivity contribution in [1.82, 2.24) is 4.72 Å². The Morgan fingerprint density at radius 3 is 2.35 bits per heavy atom. The van der Waals surface area contributed by atoms with Crippen molar-refractivity contribution in [3.05, 3.63) is 23.2 Å². The maximum absolute atomic E-state index is 12.3. The second-order valence-corrected chi connectivity index (χ2v) is 8.05. The number of nitrogen functional groups attached to an aromatic ring is 1. The van der Waals surface area contributed by atoms with Crippen molar-refractivity contribution in [1.29, 1.82) is 0 Å². The molecule has 0 saturated heterocycles. The van der Waals surface area contributed by atoms with E-state index in [1.165, 1.54) is 43.9 Å². The van der Waals surface area contributed by atoms with Crippen molar-refractivity contribution >= 4 is 27.3 Å². The van der Waals surface area contributed by atoms with E-state index in [-0.39, 0.29) is 10.6 Å². The van der Waals surface area contributed by atoms with Crippen LogP contribution in [0.5, 0.6) is 0 Å². The molecule has 110 valence electrons. The summed E-state index contributed by atoms with van der Waals surface area (Å²) >= 11 is 5.82. The molecule has 2 fully saturated rings. The summed E-state index contributed by atoms with van der Waals surface area (Å²) in [5.41, 5.74) is 5.95. The molecule has 4 nitrogen and oxygen atoms in total. The third-order valence-electron chi connectivity index (χ3n) is 4.24. The first-order chi connectivity index (χ1) is 9.47. The Balaban J connectivity index is 1.69. The van der Waals surface area contributed by atoms with Gasteiger partial charge in [-0.25, -0.2) is 13.1 Å². The zero-order chi connectivity index (χ0) is 14.3. The average Bonchev–Trinajstić information content (AvgIpc) is 3.25. The molecule has 0 aliphatic heterocycles. The largest absolute Gasteiger partial charge is 0.397 e. The van der Waals surface area contributed by atoms with E-state index in [2.05, 4.69) is 4.72 Å². The van der Waals surface area contributed by atoms with Crippen LogP contribution in [0, 0.1) is 17.8 Å². The van der Waals surface area contributed by atoms with Crippen LogP contribution in [-0.4, -0.2) is 15.0 Å². The number of anilines is 1. The zero-order valence-corrected chi connectivity index (χ0v) is 12.8. The molecule has 0 amide bonds.